The van der Waals surface area contributed by atoms with Gasteiger partial charge >= 0.3 is 0 Å². The van der Waals surface area contributed by atoms with Crippen LogP contribution in [0.2, 0.25) is 19.6 Å². The Kier molecular flexibility index (Phi) is 3.87. The summed E-state index contributed by atoms with van der Waals surface area (Å²) in [5.41, 5.74) is 1.39. The maximum absolute atomic E-state index is 3.61. The fraction of sp³-hybridized carbons (Fsp3) is 0.778. The Morgan fingerprint density at radius 1 is 1.27 bits per heavy atom. The van der Waals surface area contributed by atoms with E-state index in [9.17, 15) is 0 Å². The molecule has 0 unspecified atom stereocenters. The molecule has 1 N–H and O–H groups in total. The van der Waals surface area contributed by atoms with E-state index in [4.69, 9.17) is 0 Å². The summed E-state index contributed by atoms with van der Waals surface area (Å²) in [6.07, 6.45) is 2.18. The van der Waals surface area contributed by atoms with Crippen LogP contribution >= 0.6 is 0 Å². The van der Waals surface area contributed by atoms with Gasteiger partial charge in [0.25, 0.3) is 0 Å². The Labute approximate surface area is 72.0 Å². The molecular formula is C9H21NSi. The molecule has 0 atom stereocenters. The van der Waals surface area contributed by atoms with Gasteiger partial charge < -0.3 is 4.98 Å². The van der Waals surface area contributed by atoms with Crippen LogP contribution in [0.4, 0.5) is 0 Å². The molecule has 0 aliphatic heterocycles. The van der Waals surface area contributed by atoms with Gasteiger partial charge in [0.15, 0.2) is 0 Å². The van der Waals surface area contributed by atoms with E-state index >= 15 is 0 Å². The minimum atomic E-state index is -1.12. The fourth-order valence-electron chi connectivity index (χ4n) is 0.983. The van der Waals surface area contributed by atoms with E-state index in [1.54, 1.807) is 0 Å². The number of nitrogens with one attached hydrogen (secondary N) is 1. The molecule has 66 valence electrons. The Balaban J connectivity index is 4.12. The summed E-state index contributed by atoms with van der Waals surface area (Å²) in [6.45, 7) is 13.5. The highest BCUT2D eigenvalue weighted by Crippen LogP contribution is 2.09. The van der Waals surface area contributed by atoms with E-state index in [2.05, 4.69) is 51.5 Å². The second-order valence-electron chi connectivity index (χ2n) is 4.27. The van der Waals surface area contributed by atoms with Crippen LogP contribution in [0.1, 0.15) is 20.8 Å². The summed E-state index contributed by atoms with van der Waals surface area (Å²) < 4.78 is 0. The molecule has 0 spiro atoms. The number of hydrogen-bond acceptors (Lipinski definition) is 1. The lowest BCUT2D eigenvalue weighted by atomic mass is 10.1. The fourth-order valence-corrected chi connectivity index (χ4v) is 2.28. The highest BCUT2D eigenvalue weighted by molar-refractivity contribution is 6.74. The number of allylic oxidation sites excluding steroid dienone is 2. The van der Waals surface area contributed by atoms with Gasteiger partial charge in [0.2, 0.25) is 0 Å². The SMILES string of the molecule is C/C=C(\N[Si](C)(C)C)C(C)C. The third-order valence-corrected chi connectivity index (χ3v) is 2.49. The minimum Gasteiger partial charge on any atom is -0.414 e. The van der Waals surface area contributed by atoms with Crippen molar-refractivity contribution in [1.29, 1.82) is 0 Å². The molecule has 0 amide bonds. The predicted molar refractivity (Wildman–Crippen MR) is 55.1 cm³/mol. The molecule has 0 bridgehead atoms. The number of hydrogen-bond donors (Lipinski definition) is 1. The average Bonchev–Trinajstić information content (AvgIpc) is 1.80. The lowest BCUT2D eigenvalue weighted by molar-refractivity contribution is 0.724. The first kappa shape index (κ1) is 10.8. The van der Waals surface area contributed by atoms with Crippen LogP contribution in [0.5, 0.6) is 0 Å². The van der Waals surface area contributed by atoms with E-state index in [0.717, 1.165) is 0 Å². The van der Waals surface area contributed by atoms with Gasteiger partial charge in [-0.15, -0.1) is 0 Å². The first-order valence-electron chi connectivity index (χ1n) is 4.31. The van der Waals surface area contributed by atoms with Gasteiger partial charge in [-0.3, -0.25) is 0 Å². The Bertz CT molecular complexity index is 142. The molecule has 0 rings (SSSR count). The van der Waals surface area contributed by atoms with Crippen LogP contribution in [-0.4, -0.2) is 8.24 Å². The molecule has 0 aromatic carbocycles. The maximum atomic E-state index is 3.61. The van der Waals surface area contributed by atoms with Gasteiger partial charge in [-0.05, 0) is 12.8 Å². The topological polar surface area (TPSA) is 12.0 Å². The van der Waals surface area contributed by atoms with Crippen LogP contribution in [-0.2, 0) is 0 Å². The van der Waals surface area contributed by atoms with Crippen molar-refractivity contribution in [2.24, 2.45) is 5.92 Å². The standard InChI is InChI=1S/C9H21NSi/c1-7-9(8(2)3)10-11(4,5)6/h7-8,10H,1-6H3/b9-7-. The molecule has 0 aliphatic rings. The van der Waals surface area contributed by atoms with E-state index in [0.29, 0.717) is 5.92 Å². The third kappa shape index (κ3) is 5.07. The van der Waals surface area contributed by atoms with Crippen molar-refractivity contribution in [2.75, 3.05) is 0 Å². The molecule has 0 aromatic rings. The van der Waals surface area contributed by atoms with Crippen LogP contribution in [0.25, 0.3) is 0 Å². The normalized spacial score (nSPS) is 13.9. The highest BCUT2D eigenvalue weighted by atomic mass is 28.3. The van der Waals surface area contributed by atoms with Crippen molar-refractivity contribution in [1.82, 2.24) is 4.98 Å². The summed E-state index contributed by atoms with van der Waals surface area (Å²) in [5, 5.41) is 0. The molecule has 11 heavy (non-hydrogen) atoms. The largest absolute Gasteiger partial charge is 0.414 e. The quantitative estimate of drug-likeness (QED) is 0.644. The van der Waals surface area contributed by atoms with Crippen molar-refractivity contribution in [2.45, 2.75) is 40.4 Å². The zero-order valence-electron chi connectivity index (χ0n) is 8.65. The van der Waals surface area contributed by atoms with Gasteiger partial charge in [-0.1, -0.05) is 39.6 Å². The van der Waals surface area contributed by atoms with Crippen LogP contribution in [0.3, 0.4) is 0 Å². The Morgan fingerprint density at radius 3 is 1.82 bits per heavy atom. The van der Waals surface area contributed by atoms with Gasteiger partial charge in [0, 0.05) is 5.70 Å². The van der Waals surface area contributed by atoms with Crippen LogP contribution in [0.15, 0.2) is 11.8 Å². The van der Waals surface area contributed by atoms with Crippen molar-refractivity contribution in [3.8, 4) is 0 Å². The summed E-state index contributed by atoms with van der Waals surface area (Å²) in [6, 6.07) is 0. The van der Waals surface area contributed by atoms with E-state index < -0.39 is 8.24 Å². The molecular weight excluding hydrogens is 150 g/mol. The first-order valence-corrected chi connectivity index (χ1v) is 7.81. The summed E-state index contributed by atoms with van der Waals surface area (Å²) in [4.78, 5) is 3.61. The van der Waals surface area contributed by atoms with Gasteiger partial charge in [0.1, 0.15) is 8.24 Å². The van der Waals surface area contributed by atoms with Gasteiger partial charge in [-0.25, -0.2) is 0 Å². The van der Waals surface area contributed by atoms with Crippen molar-refractivity contribution in [3.63, 3.8) is 0 Å². The lowest BCUT2D eigenvalue weighted by Crippen LogP contribution is -2.41. The van der Waals surface area contributed by atoms with E-state index in [1.807, 2.05) is 0 Å². The Hall–Kier alpha value is -0.243. The zero-order chi connectivity index (χ0) is 9.07. The molecule has 0 fully saturated rings. The molecule has 0 aliphatic carbocycles. The van der Waals surface area contributed by atoms with Crippen molar-refractivity contribution in [3.05, 3.63) is 11.8 Å². The van der Waals surface area contributed by atoms with Crippen LogP contribution in [0, 0.1) is 5.92 Å². The smallest absolute Gasteiger partial charge is 0.143 e. The molecule has 0 radical (unpaired) electrons. The molecule has 0 aromatic heterocycles. The Morgan fingerprint density at radius 2 is 1.73 bits per heavy atom. The van der Waals surface area contributed by atoms with Gasteiger partial charge in [-0.2, -0.15) is 0 Å². The molecule has 0 saturated carbocycles. The summed E-state index contributed by atoms with van der Waals surface area (Å²) in [5.74, 6) is 0.631. The zero-order valence-corrected chi connectivity index (χ0v) is 9.65. The average molecular weight is 171 g/mol. The summed E-state index contributed by atoms with van der Waals surface area (Å²) >= 11 is 0. The van der Waals surface area contributed by atoms with Crippen LogP contribution < -0.4 is 4.98 Å². The summed E-state index contributed by atoms with van der Waals surface area (Å²) in [7, 11) is -1.12. The third-order valence-electron chi connectivity index (χ3n) is 1.45. The molecule has 0 saturated heterocycles. The van der Waals surface area contributed by atoms with Crippen molar-refractivity contribution < 1.29 is 0 Å². The molecule has 1 nitrogen and oxygen atoms in total. The highest BCUT2D eigenvalue weighted by Gasteiger charge is 2.14. The lowest BCUT2D eigenvalue weighted by Gasteiger charge is -2.24. The molecule has 0 heterocycles. The van der Waals surface area contributed by atoms with E-state index in [1.165, 1.54) is 5.70 Å². The second kappa shape index (κ2) is 3.95. The first-order chi connectivity index (χ1) is 4.87. The van der Waals surface area contributed by atoms with Crippen molar-refractivity contribution >= 4 is 8.24 Å². The predicted octanol–water partition coefficient (Wildman–Crippen LogP) is 2.97. The minimum absolute atomic E-state index is 0.631. The second-order valence-corrected chi connectivity index (χ2v) is 9.02. The number of rotatable bonds is 3. The van der Waals surface area contributed by atoms with Gasteiger partial charge in [0.05, 0.1) is 0 Å². The molecule has 2 heteroatoms. The monoisotopic (exact) mass is 171 g/mol. The van der Waals surface area contributed by atoms with E-state index in [-0.39, 0.29) is 0 Å². The maximum Gasteiger partial charge on any atom is 0.143 e.